The zero-order chi connectivity index (χ0) is 15.4. The number of aryl methyl sites for hydroxylation is 1. The highest BCUT2D eigenvalue weighted by Gasteiger charge is 2.08. The van der Waals surface area contributed by atoms with E-state index < -0.39 is 0 Å². The van der Waals surface area contributed by atoms with Crippen LogP contribution in [0.1, 0.15) is 29.8 Å². The Morgan fingerprint density at radius 2 is 1.95 bits per heavy atom. The average molecular weight is 348 g/mol. The summed E-state index contributed by atoms with van der Waals surface area (Å²) in [7, 11) is 0. The van der Waals surface area contributed by atoms with Gasteiger partial charge in [-0.15, -0.1) is 0 Å². The lowest BCUT2D eigenvalue weighted by atomic mass is 10.2. The van der Waals surface area contributed by atoms with E-state index in [4.69, 9.17) is 4.74 Å². The SMILES string of the molecule is Cc1cc(Br)cc(NC(=O)c2cccc(OC(C)C)c2)c1. The number of carbonyl (C=O) groups excluding carboxylic acids is 1. The number of benzene rings is 2. The number of amides is 1. The van der Waals surface area contributed by atoms with Crippen molar-refractivity contribution in [2.45, 2.75) is 26.9 Å². The Morgan fingerprint density at radius 3 is 2.62 bits per heavy atom. The molecule has 21 heavy (non-hydrogen) atoms. The molecule has 0 saturated carbocycles. The van der Waals surface area contributed by atoms with Gasteiger partial charge in [0.05, 0.1) is 6.10 Å². The van der Waals surface area contributed by atoms with Crippen molar-refractivity contribution in [3.8, 4) is 5.75 Å². The highest BCUT2D eigenvalue weighted by molar-refractivity contribution is 9.10. The fourth-order valence-electron chi connectivity index (χ4n) is 1.99. The van der Waals surface area contributed by atoms with Crippen LogP contribution in [0.5, 0.6) is 5.75 Å². The highest BCUT2D eigenvalue weighted by atomic mass is 79.9. The van der Waals surface area contributed by atoms with Crippen molar-refractivity contribution in [3.05, 3.63) is 58.1 Å². The van der Waals surface area contributed by atoms with Crippen LogP contribution in [0.4, 0.5) is 5.69 Å². The van der Waals surface area contributed by atoms with Crippen LogP contribution in [-0.4, -0.2) is 12.0 Å². The maximum Gasteiger partial charge on any atom is 0.255 e. The lowest BCUT2D eigenvalue weighted by Crippen LogP contribution is -2.13. The number of ether oxygens (including phenoxy) is 1. The van der Waals surface area contributed by atoms with E-state index in [2.05, 4.69) is 21.2 Å². The normalized spacial score (nSPS) is 10.5. The second-order valence-corrected chi connectivity index (χ2v) is 6.08. The molecule has 0 saturated heterocycles. The van der Waals surface area contributed by atoms with Gasteiger partial charge in [0.1, 0.15) is 5.75 Å². The first-order valence-corrected chi connectivity index (χ1v) is 7.58. The second-order valence-electron chi connectivity index (χ2n) is 5.17. The average Bonchev–Trinajstić information content (AvgIpc) is 2.36. The molecule has 3 nitrogen and oxygen atoms in total. The number of hydrogen-bond acceptors (Lipinski definition) is 2. The topological polar surface area (TPSA) is 38.3 Å². The van der Waals surface area contributed by atoms with Crippen molar-refractivity contribution in [3.63, 3.8) is 0 Å². The molecular weight excluding hydrogens is 330 g/mol. The van der Waals surface area contributed by atoms with Crippen LogP contribution in [-0.2, 0) is 0 Å². The molecule has 0 spiro atoms. The Labute approximate surface area is 133 Å². The van der Waals surface area contributed by atoms with Crippen molar-refractivity contribution >= 4 is 27.5 Å². The van der Waals surface area contributed by atoms with Crippen molar-refractivity contribution < 1.29 is 9.53 Å². The predicted molar refractivity (Wildman–Crippen MR) is 89.0 cm³/mol. The van der Waals surface area contributed by atoms with Gasteiger partial charge >= 0.3 is 0 Å². The summed E-state index contributed by atoms with van der Waals surface area (Å²) < 4.78 is 6.55. The summed E-state index contributed by atoms with van der Waals surface area (Å²) in [6.07, 6.45) is 0.0797. The van der Waals surface area contributed by atoms with Gasteiger partial charge in [-0.25, -0.2) is 0 Å². The largest absolute Gasteiger partial charge is 0.491 e. The lowest BCUT2D eigenvalue weighted by Gasteiger charge is -2.11. The van der Waals surface area contributed by atoms with Gasteiger partial charge in [0.25, 0.3) is 5.91 Å². The summed E-state index contributed by atoms with van der Waals surface area (Å²) in [6.45, 7) is 5.89. The zero-order valence-corrected chi connectivity index (χ0v) is 13.9. The fraction of sp³-hybridized carbons (Fsp3) is 0.235. The maximum atomic E-state index is 12.3. The van der Waals surface area contributed by atoms with Gasteiger partial charge in [-0.3, -0.25) is 4.79 Å². The van der Waals surface area contributed by atoms with Crippen LogP contribution in [0, 0.1) is 6.92 Å². The molecule has 110 valence electrons. The lowest BCUT2D eigenvalue weighted by molar-refractivity contribution is 0.102. The summed E-state index contributed by atoms with van der Waals surface area (Å²) in [4.78, 5) is 12.3. The maximum absolute atomic E-state index is 12.3. The summed E-state index contributed by atoms with van der Waals surface area (Å²) in [5.41, 5.74) is 2.42. The van der Waals surface area contributed by atoms with Crippen LogP contribution in [0.2, 0.25) is 0 Å². The van der Waals surface area contributed by atoms with Crippen molar-refractivity contribution in [1.29, 1.82) is 0 Å². The van der Waals surface area contributed by atoms with Crippen molar-refractivity contribution in [1.82, 2.24) is 0 Å². The van der Waals surface area contributed by atoms with Crippen LogP contribution in [0.25, 0.3) is 0 Å². The Balaban J connectivity index is 2.16. The van der Waals surface area contributed by atoms with E-state index in [1.165, 1.54) is 0 Å². The Kier molecular flexibility index (Phi) is 5.02. The van der Waals surface area contributed by atoms with Gasteiger partial charge in [0.2, 0.25) is 0 Å². The number of anilines is 1. The third-order valence-electron chi connectivity index (χ3n) is 2.77. The monoisotopic (exact) mass is 347 g/mol. The van der Waals surface area contributed by atoms with E-state index in [-0.39, 0.29) is 12.0 Å². The van der Waals surface area contributed by atoms with Gasteiger partial charge in [-0.1, -0.05) is 22.0 Å². The summed E-state index contributed by atoms with van der Waals surface area (Å²) in [5.74, 6) is 0.546. The third kappa shape index (κ3) is 4.60. The molecule has 2 rings (SSSR count). The van der Waals surface area contributed by atoms with Crippen molar-refractivity contribution in [2.75, 3.05) is 5.32 Å². The second kappa shape index (κ2) is 6.76. The number of nitrogens with one attached hydrogen (secondary N) is 1. The predicted octanol–water partition coefficient (Wildman–Crippen LogP) is 4.80. The summed E-state index contributed by atoms with van der Waals surface area (Å²) >= 11 is 3.43. The van der Waals surface area contributed by atoms with E-state index in [0.29, 0.717) is 11.3 Å². The molecule has 0 heterocycles. The first-order chi connectivity index (χ1) is 9.94. The van der Waals surface area contributed by atoms with Gasteiger partial charge in [-0.2, -0.15) is 0 Å². The Morgan fingerprint density at radius 1 is 1.19 bits per heavy atom. The van der Waals surface area contributed by atoms with Gasteiger partial charge in [0.15, 0.2) is 0 Å². The Bertz CT molecular complexity index is 633. The molecule has 2 aromatic rings. The molecule has 4 heteroatoms. The van der Waals surface area contributed by atoms with Crippen molar-refractivity contribution in [2.24, 2.45) is 0 Å². The first kappa shape index (κ1) is 15.6. The number of rotatable bonds is 4. The van der Waals surface area contributed by atoms with Crippen LogP contribution in [0.15, 0.2) is 46.9 Å². The highest BCUT2D eigenvalue weighted by Crippen LogP contribution is 2.21. The zero-order valence-electron chi connectivity index (χ0n) is 12.3. The number of hydrogen-bond donors (Lipinski definition) is 1. The first-order valence-electron chi connectivity index (χ1n) is 6.79. The molecule has 0 atom stereocenters. The van der Waals surface area contributed by atoms with Gasteiger partial charge < -0.3 is 10.1 Å². The molecule has 0 aliphatic carbocycles. The van der Waals surface area contributed by atoms with E-state index in [0.717, 1.165) is 15.7 Å². The number of halogens is 1. The van der Waals surface area contributed by atoms with Gasteiger partial charge in [0, 0.05) is 15.7 Å². The molecule has 0 aromatic heterocycles. The molecule has 0 bridgehead atoms. The minimum absolute atomic E-state index is 0.0797. The van der Waals surface area contributed by atoms with Crippen LogP contribution >= 0.6 is 15.9 Å². The summed E-state index contributed by atoms with van der Waals surface area (Å²) in [6, 6.07) is 13.0. The molecule has 0 unspecified atom stereocenters. The third-order valence-corrected chi connectivity index (χ3v) is 3.23. The smallest absolute Gasteiger partial charge is 0.255 e. The molecule has 1 N–H and O–H groups in total. The molecule has 1 amide bonds. The van der Waals surface area contributed by atoms with Gasteiger partial charge in [-0.05, 0) is 62.7 Å². The molecule has 0 aliphatic heterocycles. The van der Waals surface area contributed by atoms with E-state index in [1.54, 1.807) is 12.1 Å². The number of carbonyl (C=O) groups is 1. The molecule has 0 aliphatic rings. The quantitative estimate of drug-likeness (QED) is 0.862. The molecule has 0 radical (unpaired) electrons. The molecule has 2 aromatic carbocycles. The van der Waals surface area contributed by atoms with Crippen LogP contribution < -0.4 is 10.1 Å². The minimum atomic E-state index is -0.151. The summed E-state index contributed by atoms with van der Waals surface area (Å²) in [5, 5.41) is 2.90. The van der Waals surface area contributed by atoms with Crippen LogP contribution in [0.3, 0.4) is 0 Å². The molecule has 0 fully saturated rings. The molecular formula is C17H18BrNO2. The van der Waals surface area contributed by atoms with E-state index in [9.17, 15) is 4.79 Å². The van der Waals surface area contributed by atoms with E-state index >= 15 is 0 Å². The Hall–Kier alpha value is -1.81. The van der Waals surface area contributed by atoms with E-state index in [1.807, 2.05) is 51.1 Å². The fourth-order valence-corrected chi connectivity index (χ4v) is 2.60. The standard InChI is InChI=1S/C17H18BrNO2/c1-11(2)21-16-6-4-5-13(9-16)17(20)19-15-8-12(3)7-14(18)10-15/h4-11H,1-3H3,(H,19,20). The minimum Gasteiger partial charge on any atom is -0.491 e.